The zero-order valence-electron chi connectivity index (χ0n) is 9.31. The molecule has 0 aliphatic carbocycles. The molecule has 1 aromatic carbocycles. The highest BCUT2D eigenvalue weighted by Gasteiger charge is 2.10. The number of methoxy groups -OCH3 is 1. The van der Waals surface area contributed by atoms with Gasteiger partial charge >= 0.3 is 5.97 Å². The fourth-order valence-electron chi connectivity index (χ4n) is 1.29. The van der Waals surface area contributed by atoms with E-state index in [-0.39, 0.29) is 18.7 Å². The van der Waals surface area contributed by atoms with Crippen LogP contribution in [0, 0.1) is 5.82 Å². The highest BCUT2D eigenvalue weighted by atomic mass is 19.1. The van der Waals surface area contributed by atoms with E-state index in [1.807, 2.05) is 0 Å². The van der Waals surface area contributed by atoms with Gasteiger partial charge in [-0.3, -0.25) is 0 Å². The number of carbonyl (C=O) groups is 1. The molecule has 1 aromatic rings. The van der Waals surface area contributed by atoms with Gasteiger partial charge in [0.1, 0.15) is 5.82 Å². The topological polar surface area (TPSA) is 78.8 Å². The lowest BCUT2D eigenvalue weighted by Gasteiger charge is -2.12. The summed E-state index contributed by atoms with van der Waals surface area (Å²) in [5.41, 5.74) is 0.0237. The van der Waals surface area contributed by atoms with Crippen LogP contribution in [0.15, 0.2) is 18.2 Å². The molecule has 1 rings (SSSR count). The molecule has 17 heavy (non-hydrogen) atoms. The summed E-state index contributed by atoms with van der Waals surface area (Å²) in [6, 6.07) is 3.68. The zero-order chi connectivity index (χ0) is 12.8. The molecule has 0 amide bonds. The van der Waals surface area contributed by atoms with Crippen LogP contribution in [0.1, 0.15) is 10.4 Å². The number of rotatable bonds is 6. The number of anilines is 1. The van der Waals surface area contributed by atoms with Gasteiger partial charge in [0.2, 0.25) is 0 Å². The molecule has 0 fully saturated rings. The first kappa shape index (κ1) is 13.4. The van der Waals surface area contributed by atoms with E-state index in [1.165, 1.54) is 19.2 Å². The molecule has 0 spiro atoms. The molecule has 0 heterocycles. The van der Waals surface area contributed by atoms with Crippen LogP contribution in [0.3, 0.4) is 0 Å². The quantitative estimate of drug-likeness (QED) is 0.693. The molecule has 6 heteroatoms. The second-order valence-corrected chi connectivity index (χ2v) is 3.49. The Morgan fingerprint density at radius 3 is 2.82 bits per heavy atom. The number of nitrogens with one attached hydrogen (secondary N) is 1. The summed E-state index contributed by atoms with van der Waals surface area (Å²) >= 11 is 0. The number of benzene rings is 1. The Morgan fingerprint density at radius 1 is 1.59 bits per heavy atom. The molecule has 94 valence electrons. The third kappa shape index (κ3) is 4.01. The van der Waals surface area contributed by atoms with Crippen LogP contribution in [0.2, 0.25) is 0 Å². The molecular weight excluding hydrogens is 229 g/mol. The Hall–Kier alpha value is -1.66. The third-order valence-electron chi connectivity index (χ3n) is 2.10. The second-order valence-electron chi connectivity index (χ2n) is 3.49. The van der Waals surface area contributed by atoms with Gasteiger partial charge in [-0.05, 0) is 18.2 Å². The van der Waals surface area contributed by atoms with Gasteiger partial charge in [0.25, 0.3) is 0 Å². The average molecular weight is 243 g/mol. The summed E-state index contributed by atoms with van der Waals surface area (Å²) in [6.07, 6.45) is -0.706. The van der Waals surface area contributed by atoms with Gasteiger partial charge in [-0.1, -0.05) is 0 Å². The minimum Gasteiger partial charge on any atom is -0.478 e. The van der Waals surface area contributed by atoms with Crippen LogP contribution in [-0.4, -0.2) is 42.5 Å². The fourth-order valence-corrected chi connectivity index (χ4v) is 1.29. The van der Waals surface area contributed by atoms with E-state index in [0.717, 1.165) is 6.07 Å². The Labute approximate surface area is 97.8 Å². The lowest BCUT2D eigenvalue weighted by atomic mass is 10.2. The number of aromatic carboxylic acids is 1. The van der Waals surface area contributed by atoms with E-state index in [4.69, 9.17) is 9.84 Å². The van der Waals surface area contributed by atoms with Crippen LogP contribution < -0.4 is 5.32 Å². The maximum absolute atomic E-state index is 13.3. The van der Waals surface area contributed by atoms with Crippen LogP contribution in [0.25, 0.3) is 0 Å². The first-order chi connectivity index (χ1) is 8.04. The largest absolute Gasteiger partial charge is 0.478 e. The minimum atomic E-state index is -1.31. The van der Waals surface area contributed by atoms with Gasteiger partial charge in [0.05, 0.1) is 18.3 Å². The number of carboxylic acid groups (broad SMARTS) is 1. The van der Waals surface area contributed by atoms with Crippen molar-refractivity contribution in [1.29, 1.82) is 0 Å². The normalized spacial score (nSPS) is 12.2. The number of ether oxygens (including phenoxy) is 1. The van der Waals surface area contributed by atoms with E-state index in [9.17, 15) is 14.3 Å². The van der Waals surface area contributed by atoms with Crippen LogP contribution in [-0.2, 0) is 4.74 Å². The van der Waals surface area contributed by atoms with Gasteiger partial charge in [0.15, 0.2) is 0 Å². The van der Waals surface area contributed by atoms with Crippen molar-refractivity contribution in [2.45, 2.75) is 6.10 Å². The van der Waals surface area contributed by atoms with Crippen molar-refractivity contribution in [1.82, 2.24) is 0 Å². The lowest BCUT2D eigenvalue weighted by Crippen LogP contribution is -2.24. The van der Waals surface area contributed by atoms with E-state index in [0.29, 0.717) is 5.69 Å². The summed E-state index contributed by atoms with van der Waals surface area (Å²) in [4.78, 5) is 10.6. The number of aliphatic hydroxyl groups is 1. The van der Waals surface area contributed by atoms with Gasteiger partial charge < -0.3 is 20.3 Å². The maximum Gasteiger partial charge on any atom is 0.338 e. The van der Waals surface area contributed by atoms with Crippen molar-refractivity contribution in [3.05, 3.63) is 29.6 Å². The van der Waals surface area contributed by atoms with E-state index >= 15 is 0 Å². The first-order valence-corrected chi connectivity index (χ1v) is 4.98. The second kappa shape index (κ2) is 6.17. The van der Waals surface area contributed by atoms with E-state index in [2.05, 4.69) is 5.32 Å². The summed E-state index contributed by atoms with van der Waals surface area (Å²) in [5.74, 6) is -2.13. The van der Waals surface area contributed by atoms with E-state index < -0.39 is 17.9 Å². The maximum atomic E-state index is 13.3. The standard InChI is InChI=1S/C11H14FNO4/c1-17-6-8(14)5-13-7-2-3-9(11(15)16)10(12)4-7/h2-4,8,13-14H,5-6H2,1H3,(H,15,16). The molecule has 0 bridgehead atoms. The molecular formula is C11H14FNO4. The number of hydrogen-bond acceptors (Lipinski definition) is 4. The molecule has 0 saturated heterocycles. The highest BCUT2D eigenvalue weighted by molar-refractivity contribution is 5.88. The van der Waals surface area contributed by atoms with Crippen molar-refractivity contribution in [2.75, 3.05) is 25.6 Å². The molecule has 0 aromatic heterocycles. The fraction of sp³-hybridized carbons (Fsp3) is 0.364. The van der Waals surface area contributed by atoms with Crippen molar-refractivity contribution < 1.29 is 24.1 Å². The van der Waals surface area contributed by atoms with Gasteiger partial charge in [0, 0.05) is 19.3 Å². The van der Waals surface area contributed by atoms with Crippen LogP contribution >= 0.6 is 0 Å². The zero-order valence-corrected chi connectivity index (χ0v) is 9.31. The van der Waals surface area contributed by atoms with Gasteiger partial charge in [-0.2, -0.15) is 0 Å². The van der Waals surface area contributed by atoms with Crippen LogP contribution in [0.4, 0.5) is 10.1 Å². The predicted molar refractivity (Wildman–Crippen MR) is 59.7 cm³/mol. The SMILES string of the molecule is COCC(O)CNc1ccc(C(=O)O)c(F)c1. The van der Waals surface area contributed by atoms with Crippen molar-refractivity contribution >= 4 is 11.7 Å². The minimum absolute atomic E-state index is 0.169. The molecule has 1 atom stereocenters. The summed E-state index contributed by atoms with van der Waals surface area (Å²) in [5, 5.41) is 20.7. The number of aliphatic hydroxyl groups excluding tert-OH is 1. The summed E-state index contributed by atoms with van der Waals surface area (Å²) in [6.45, 7) is 0.363. The molecule has 0 radical (unpaired) electrons. The van der Waals surface area contributed by atoms with Crippen molar-refractivity contribution in [2.24, 2.45) is 0 Å². The Kier molecular flexibility index (Phi) is 4.86. The monoisotopic (exact) mass is 243 g/mol. The lowest BCUT2D eigenvalue weighted by molar-refractivity contribution is 0.0691. The summed E-state index contributed by atoms with van der Waals surface area (Å²) in [7, 11) is 1.46. The molecule has 0 aliphatic rings. The smallest absolute Gasteiger partial charge is 0.338 e. The molecule has 3 N–H and O–H groups in total. The number of hydrogen-bond donors (Lipinski definition) is 3. The van der Waals surface area contributed by atoms with E-state index in [1.54, 1.807) is 0 Å². The predicted octanol–water partition coefficient (Wildman–Crippen LogP) is 0.943. The Morgan fingerprint density at radius 2 is 2.29 bits per heavy atom. The number of carboxylic acids is 1. The van der Waals surface area contributed by atoms with Crippen molar-refractivity contribution in [3.8, 4) is 0 Å². The van der Waals surface area contributed by atoms with Crippen molar-refractivity contribution in [3.63, 3.8) is 0 Å². The molecule has 0 aliphatic heterocycles. The van der Waals surface area contributed by atoms with Crippen LogP contribution in [0.5, 0.6) is 0 Å². The van der Waals surface area contributed by atoms with Gasteiger partial charge in [-0.25, -0.2) is 9.18 Å². The molecule has 5 nitrogen and oxygen atoms in total. The Bertz CT molecular complexity index is 397. The molecule has 0 saturated carbocycles. The average Bonchev–Trinajstić information content (AvgIpc) is 2.26. The highest BCUT2D eigenvalue weighted by Crippen LogP contribution is 2.14. The number of halogens is 1. The third-order valence-corrected chi connectivity index (χ3v) is 2.10. The first-order valence-electron chi connectivity index (χ1n) is 4.98. The molecule has 1 unspecified atom stereocenters. The Balaban J connectivity index is 2.62. The van der Waals surface area contributed by atoms with Gasteiger partial charge in [-0.15, -0.1) is 0 Å². The summed E-state index contributed by atoms with van der Waals surface area (Å²) < 4.78 is 18.0.